The van der Waals surface area contributed by atoms with Gasteiger partial charge in [0.2, 0.25) is 0 Å². The van der Waals surface area contributed by atoms with Gasteiger partial charge in [-0.2, -0.15) is 21.8 Å². The number of nitrogens with zero attached hydrogens (tertiary/aromatic N) is 2. The number of aromatic nitrogens is 2. The first-order valence-corrected chi connectivity index (χ1v) is 15.6. The molecule has 2 rings (SSSR count). The number of anilines is 1. The number of amides is 1. The number of aliphatic hydroxyl groups is 2. The smallest absolute Gasteiger partial charge is 0.412 e. The second-order valence-electron chi connectivity index (χ2n) is 8.57. The number of rotatable bonds is 13. The van der Waals surface area contributed by atoms with Gasteiger partial charge < -0.3 is 19.7 Å². The first-order valence-electron chi connectivity index (χ1n) is 12.0. The van der Waals surface area contributed by atoms with E-state index in [0.717, 1.165) is 36.1 Å². The second-order valence-corrected chi connectivity index (χ2v) is 11.9. The monoisotopic (exact) mass is 605 g/mol. The Balaban J connectivity index is 0.000000464. The predicted molar refractivity (Wildman–Crippen MR) is 135 cm³/mol. The van der Waals surface area contributed by atoms with E-state index in [4.69, 9.17) is 9.47 Å². The Bertz CT molecular complexity index is 1160. The lowest BCUT2D eigenvalue weighted by atomic mass is 10.1. The molecule has 2 heterocycles. The van der Waals surface area contributed by atoms with Crippen molar-refractivity contribution in [3.05, 3.63) is 22.5 Å². The van der Waals surface area contributed by atoms with Crippen LogP contribution in [-0.4, -0.2) is 93.3 Å². The zero-order valence-corrected chi connectivity index (χ0v) is 23.7. The van der Waals surface area contributed by atoms with Crippen molar-refractivity contribution in [3.8, 4) is 0 Å². The number of halogens is 1. The number of carbonyl (C=O) groups excluding carboxylic acids is 1. The SMILES string of the molecule is CCCCCOC(=O)Nc1nc(=O)n([C@@H]2O[C@H](C)[C@@H](O)[C@H]2O)cc1F.CS(=O)(=O)OCCCCOS(C)(=O)=O. The summed E-state index contributed by atoms with van der Waals surface area (Å²) in [5, 5.41) is 21.6. The standard InChI is InChI=1S/C15H22FN3O6.C6H14O6S2/c1-3-4-5-6-24-15(23)18-12-9(16)7-19(14(22)17-12)13-11(21)10(20)8(2)25-13;1-13(7,8)11-5-3-4-6-12-14(2,9)10/h7-8,10-11,13,20-21H,3-6H2,1-2H3,(H,17,18,22,23);3-6H2,1-2H3/t8-,10-,11-,13-;/m1./s1. The van der Waals surface area contributed by atoms with E-state index < -0.39 is 68.2 Å². The van der Waals surface area contributed by atoms with Crippen molar-refractivity contribution in [3.63, 3.8) is 0 Å². The van der Waals surface area contributed by atoms with Gasteiger partial charge in [-0.05, 0) is 26.2 Å². The molecule has 1 aromatic rings. The molecule has 0 bridgehead atoms. The van der Waals surface area contributed by atoms with E-state index in [9.17, 15) is 41.0 Å². The summed E-state index contributed by atoms with van der Waals surface area (Å²) in [5.41, 5.74) is -0.951. The zero-order chi connectivity index (χ0) is 29.8. The molecule has 1 amide bonds. The van der Waals surface area contributed by atoms with Crippen molar-refractivity contribution in [1.82, 2.24) is 9.55 Å². The molecule has 0 aromatic carbocycles. The van der Waals surface area contributed by atoms with Crippen LogP contribution in [-0.2, 0) is 38.1 Å². The molecule has 1 aliphatic heterocycles. The van der Waals surface area contributed by atoms with Crippen molar-refractivity contribution in [2.24, 2.45) is 0 Å². The average molecular weight is 606 g/mol. The lowest BCUT2D eigenvalue weighted by Gasteiger charge is -2.17. The molecular formula is C21H36FN3O12S2. The van der Waals surface area contributed by atoms with Crippen molar-refractivity contribution in [2.45, 2.75) is 70.5 Å². The summed E-state index contributed by atoms with van der Waals surface area (Å²) in [6.07, 6.45) is 0.532. The molecule has 0 aliphatic carbocycles. The summed E-state index contributed by atoms with van der Waals surface area (Å²) in [5.74, 6) is -1.59. The number of aliphatic hydroxyl groups excluding tert-OH is 2. The topological polar surface area (TPSA) is 210 Å². The summed E-state index contributed by atoms with van der Waals surface area (Å²) < 4.78 is 75.7. The van der Waals surface area contributed by atoms with Gasteiger partial charge in [0.25, 0.3) is 20.2 Å². The number of ether oxygens (including phenoxy) is 2. The first-order chi connectivity index (χ1) is 18.1. The van der Waals surface area contributed by atoms with Crippen molar-refractivity contribution >= 4 is 32.1 Å². The molecule has 0 radical (unpaired) electrons. The second kappa shape index (κ2) is 16.1. The highest BCUT2D eigenvalue weighted by Crippen LogP contribution is 2.28. The summed E-state index contributed by atoms with van der Waals surface area (Å²) >= 11 is 0. The molecule has 15 nitrogen and oxygen atoms in total. The van der Waals surface area contributed by atoms with Crippen molar-refractivity contribution < 1.29 is 54.1 Å². The summed E-state index contributed by atoms with van der Waals surface area (Å²) in [6, 6.07) is 0. The van der Waals surface area contributed by atoms with Gasteiger partial charge in [-0.15, -0.1) is 0 Å². The van der Waals surface area contributed by atoms with Crippen LogP contribution in [0.5, 0.6) is 0 Å². The molecule has 0 unspecified atom stereocenters. The molecule has 39 heavy (non-hydrogen) atoms. The number of carbonyl (C=O) groups is 1. The van der Waals surface area contributed by atoms with Gasteiger partial charge in [0.15, 0.2) is 17.9 Å². The molecule has 1 saturated heterocycles. The van der Waals surface area contributed by atoms with Gasteiger partial charge in [-0.1, -0.05) is 19.8 Å². The molecule has 0 spiro atoms. The molecular weight excluding hydrogens is 569 g/mol. The van der Waals surface area contributed by atoms with Gasteiger partial charge in [0, 0.05) is 0 Å². The number of unbranched alkanes of at least 4 members (excludes halogenated alkanes) is 3. The first kappa shape index (κ1) is 34.8. The van der Waals surface area contributed by atoms with Crippen LogP contribution in [0.15, 0.2) is 11.0 Å². The van der Waals surface area contributed by atoms with Crippen LogP contribution in [0.3, 0.4) is 0 Å². The maximum Gasteiger partial charge on any atom is 0.412 e. The summed E-state index contributed by atoms with van der Waals surface area (Å²) in [7, 11) is -6.80. The van der Waals surface area contributed by atoms with Crippen LogP contribution in [0, 0.1) is 5.82 Å². The molecule has 226 valence electrons. The Morgan fingerprint density at radius 2 is 1.59 bits per heavy atom. The van der Waals surface area contributed by atoms with E-state index in [0.29, 0.717) is 19.3 Å². The fraction of sp³-hybridized carbons (Fsp3) is 0.762. The molecule has 1 fully saturated rings. The van der Waals surface area contributed by atoms with Crippen LogP contribution >= 0.6 is 0 Å². The Kier molecular flexibility index (Phi) is 14.4. The maximum atomic E-state index is 14.1. The third-order valence-corrected chi connectivity index (χ3v) is 6.18. The Hall–Kier alpha value is -2.22. The fourth-order valence-corrected chi connectivity index (χ4v) is 3.89. The Morgan fingerprint density at radius 3 is 2.05 bits per heavy atom. The third kappa shape index (κ3) is 13.6. The molecule has 1 aliphatic rings. The van der Waals surface area contributed by atoms with Crippen LogP contribution in [0.2, 0.25) is 0 Å². The van der Waals surface area contributed by atoms with Crippen LogP contribution in [0.4, 0.5) is 15.0 Å². The van der Waals surface area contributed by atoms with E-state index >= 15 is 0 Å². The van der Waals surface area contributed by atoms with E-state index in [2.05, 4.69) is 18.7 Å². The van der Waals surface area contributed by atoms with E-state index in [1.54, 1.807) is 0 Å². The average Bonchev–Trinajstić information content (AvgIpc) is 3.07. The number of hydrogen-bond donors (Lipinski definition) is 3. The largest absolute Gasteiger partial charge is 0.449 e. The maximum absolute atomic E-state index is 14.1. The molecule has 0 saturated carbocycles. The van der Waals surface area contributed by atoms with Gasteiger partial charge in [0.05, 0.1) is 44.6 Å². The molecule has 4 atom stereocenters. The normalized spacial score (nSPS) is 21.2. The number of hydrogen-bond acceptors (Lipinski definition) is 13. The lowest BCUT2D eigenvalue weighted by molar-refractivity contribution is -0.0355. The van der Waals surface area contributed by atoms with Gasteiger partial charge in [-0.3, -0.25) is 18.3 Å². The van der Waals surface area contributed by atoms with Gasteiger partial charge in [-0.25, -0.2) is 14.0 Å². The van der Waals surface area contributed by atoms with Gasteiger partial charge >= 0.3 is 11.8 Å². The van der Waals surface area contributed by atoms with E-state index in [1.165, 1.54) is 6.92 Å². The minimum atomic E-state index is -3.40. The summed E-state index contributed by atoms with van der Waals surface area (Å²) in [4.78, 5) is 27.0. The molecule has 18 heteroatoms. The predicted octanol–water partition coefficient (Wildman–Crippen LogP) is 0.479. The highest BCUT2D eigenvalue weighted by atomic mass is 32.2. The van der Waals surface area contributed by atoms with E-state index in [1.807, 2.05) is 6.92 Å². The third-order valence-electron chi connectivity index (χ3n) is 4.99. The van der Waals surface area contributed by atoms with E-state index in [-0.39, 0.29) is 19.8 Å². The lowest BCUT2D eigenvalue weighted by Crippen LogP contribution is -2.36. The van der Waals surface area contributed by atoms with Gasteiger partial charge in [0.1, 0.15) is 12.2 Å². The highest BCUT2D eigenvalue weighted by molar-refractivity contribution is 7.86. The Labute approximate surface area is 226 Å². The minimum absolute atomic E-state index is 0.0476. The minimum Gasteiger partial charge on any atom is -0.449 e. The van der Waals surface area contributed by atoms with Crippen LogP contribution in [0.25, 0.3) is 0 Å². The molecule has 1 aromatic heterocycles. The summed E-state index contributed by atoms with van der Waals surface area (Å²) in [6.45, 7) is 3.78. The highest BCUT2D eigenvalue weighted by Gasteiger charge is 2.42. The zero-order valence-electron chi connectivity index (χ0n) is 22.1. The quantitative estimate of drug-likeness (QED) is 0.207. The Morgan fingerprint density at radius 1 is 1.05 bits per heavy atom. The van der Waals surface area contributed by atoms with Crippen LogP contribution < -0.4 is 11.0 Å². The molecule has 3 N–H and O–H groups in total. The number of nitrogens with one attached hydrogen (secondary N) is 1. The van der Waals surface area contributed by atoms with Crippen molar-refractivity contribution in [1.29, 1.82) is 0 Å². The fourth-order valence-electron chi connectivity index (χ4n) is 3.05. The van der Waals surface area contributed by atoms with Crippen LogP contribution in [0.1, 0.15) is 52.2 Å². The van der Waals surface area contributed by atoms with Crippen molar-refractivity contribution in [2.75, 3.05) is 37.6 Å².